The fraction of sp³-hybridized carbons (Fsp3) is 0.500. The number of anilines is 2. The van der Waals surface area contributed by atoms with Crippen molar-refractivity contribution in [2.24, 2.45) is 0 Å². The minimum absolute atomic E-state index is 0.674. The summed E-state index contributed by atoms with van der Waals surface area (Å²) in [5, 5.41) is 6.05. The molecule has 0 radical (unpaired) electrons. The highest BCUT2D eigenvalue weighted by molar-refractivity contribution is 5.45. The number of hydrogen-bond donors (Lipinski definition) is 2. The summed E-state index contributed by atoms with van der Waals surface area (Å²) in [4.78, 5) is 8.36. The van der Waals surface area contributed by atoms with Crippen LogP contribution in [0.1, 0.15) is 12.5 Å². The summed E-state index contributed by atoms with van der Waals surface area (Å²) in [7, 11) is 1.85. The van der Waals surface area contributed by atoms with Gasteiger partial charge >= 0.3 is 0 Å². The number of aryl methyl sites for hydroxylation is 1. The van der Waals surface area contributed by atoms with E-state index in [0.29, 0.717) is 5.95 Å². The Morgan fingerprint density at radius 3 is 2.83 bits per heavy atom. The number of hydrogen-bond acceptors (Lipinski definition) is 4. The lowest BCUT2D eigenvalue weighted by atomic mass is 10.3. The lowest BCUT2D eigenvalue weighted by Gasteiger charge is -2.06. The smallest absolute Gasteiger partial charge is 0.224 e. The molecule has 0 unspecified atom stereocenters. The first-order chi connectivity index (χ1) is 5.77. The molecule has 12 heavy (non-hydrogen) atoms. The van der Waals surface area contributed by atoms with Crippen LogP contribution >= 0.6 is 0 Å². The predicted molar refractivity (Wildman–Crippen MR) is 50.5 cm³/mol. The molecule has 1 aromatic rings. The van der Waals surface area contributed by atoms with E-state index >= 15 is 0 Å². The molecular formula is C8H14N4. The lowest BCUT2D eigenvalue weighted by molar-refractivity contribution is 1.07. The monoisotopic (exact) mass is 166 g/mol. The largest absolute Gasteiger partial charge is 0.373 e. The maximum absolute atomic E-state index is 4.25. The maximum atomic E-state index is 4.25. The zero-order valence-electron chi connectivity index (χ0n) is 7.68. The van der Waals surface area contributed by atoms with E-state index in [4.69, 9.17) is 0 Å². The van der Waals surface area contributed by atoms with E-state index < -0.39 is 0 Å². The molecule has 0 amide bonds. The zero-order chi connectivity index (χ0) is 8.97. The Labute approximate surface area is 72.4 Å². The standard InChI is InChI=1S/C8H14N4/c1-4-10-8-11-5-6(2)7(9-3)12-8/h5H,4H2,1-3H3,(H2,9,10,11,12). The fourth-order valence-corrected chi connectivity index (χ4v) is 0.938. The van der Waals surface area contributed by atoms with Gasteiger partial charge in [-0.1, -0.05) is 0 Å². The van der Waals surface area contributed by atoms with Crippen LogP contribution in [0.3, 0.4) is 0 Å². The van der Waals surface area contributed by atoms with Crippen molar-refractivity contribution in [1.82, 2.24) is 9.97 Å². The molecule has 0 fully saturated rings. The van der Waals surface area contributed by atoms with Crippen LogP contribution in [-0.2, 0) is 0 Å². The van der Waals surface area contributed by atoms with Crippen molar-refractivity contribution >= 4 is 11.8 Å². The minimum Gasteiger partial charge on any atom is -0.373 e. The van der Waals surface area contributed by atoms with Gasteiger partial charge in [0, 0.05) is 25.4 Å². The fourth-order valence-electron chi connectivity index (χ4n) is 0.938. The van der Waals surface area contributed by atoms with Crippen LogP contribution in [0.4, 0.5) is 11.8 Å². The molecule has 66 valence electrons. The number of rotatable bonds is 3. The lowest BCUT2D eigenvalue weighted by Crippen LogP contribution is -2.05. The normalized spacial score (nSPS) is 9.58. The molecule has 0 aliphatic carbocycles. The first kappa shape index (κ1) is 8.77. The van der Waals surface area contributed by atoms with E-state index in [1.54, 1.807) is 6.20 Å². The summed E-state index contributed by atoms with van der Waals surface area (Å²) in [5.74, 6) is 1.55. The van der Waals surface area contributed by atoms with Crippen LogP contribution in [0.2, 0.25) is 0 Å². The number of nitrogens with zero attached hydrogens (tertiary/aromatic N) is 2. The SMILES string of the molecule is CCNc1ncc(C)c(NC)n1. The predicted octanol–water partition coefficient (Wildman–Crippen LogP) is 1.26. The van der Waals surface area contributed by atoms with Crippen LogP contribution in [0, 0.1) is 6.92 Å². The van der Waals surface area contributed by atoms with Crippen molar-refractivity contribution in [1.29, 1.82) is 0 Å². The van der Waals surface area contributed by atoms with Gasteiger partial charge in [0.15, 0.2) is 0 Å². The Hall–Kier alpha value is -1.32. The van der Waals surface area contributed by atoms with Gasteiger partial charge in [0.05, 0.1) is 0 Å². The van der Waals surface area contributed by atoms with E-state index in [-0.39, 0.29) is 0 Å². The summed E-state index contributed by atoms with van der Waals surface area (Å²) < 4.78 is 0. The zero-order valence-corrected chi connectivity index (χ0v) is 7.68. The topological polar surface area (TPSA) is 49.8 Å². The third-order valence-corrected chi connectivity index (χ3v) is 1.54. The van der Waals surface area contributed by atoms with Crippen LogP contribution in [0.5, 0.6) is 0 Å². The molecule has 0 bridgehead atoms. The molecule has 0 atom stereocenters. The molecule has 0 aliphatic rings. The summed E-state index contributed by atoms with van der Waals surface area (Å²) in [6.07, 6.45) is 1.80. The van der Waals surface area contributed by atoms with Crippen molar-refractivity contribution in [2.75, 3.05) is 24.2 Å². The molecule has 4 heteroatoms. The second kappa shape index (κ2) is 3.90. The summed E-state index contributed by atoms with van der Waals surface area (Å²) >= 11 is 0. The van der Waals surface area contributed by atoms with Crippen molar-refractivity contribution in [3.05, 3.63) is 11.8 Å². The molecule has 0 saturated carbocycles. The van der Waals surface area contributed by atoms with Crippen LogP contribution < -0.4 is 10.6 Å². The summed E-state index contributed by atoms with van der Waals surface area (Å²) in [6.45, 7) is 4.83. The Kier molecular flexibility index (Phi) is 2.85. The quantitative estimate of drug-likeness (QED) is 0.709. The average molecular weight is 166 g/mol. The molecule has 0 spiro atoms. The first-order valence-corrected chi connectivity index (χ1v) is 4.03. The highest BCUT2D eigenvalue weighted by Gasteiger charge is 1.99. The van der Waals surface area contributed by atoms with Gasteiger partial charge < -0.3 is 10.6 Å². The van der Waals surface area contributed by atoms with Gasteiger partial charge in [0.25, 0.3) is 0 Å². The third kappa shape index (κ3) is 1.84. The maximum Gasteiger partial charge on any atom is 0.224 e. The molecule has 4 nitrogen and oxygen atoms in total. The van der Waals surface area contributed by atoms with Crippen molar-refractivity contribution in [3.63, 3.8) is 0 Å². The molecule has 1 aromatic heterocycles. The van der Waals surface area contributed by atoms with E-state index in [1.165, 1.54) is 0 Å². The second-order valence-corrected chi connectivity index (χ2v) is 2.51. The van der Waals surface area contributed by atoms with E-state index in [1.807, 2.05) is 20.9 Å². The van der Waals surface area contributed by atoms with Crippen molar-refractivity contribution in [2.45, 2.75) is 13.8 Å². The van der Waals surface area contributed by atoms with Crippen molar-refractivity contribution < 1.29 is 0 Å². The van der Waals surface area contributed by atoms with Crippen LogP contribution in [0.25, 0.3) is 0 Å². The molecule has 0 aliphatic heterocycles. The van der Waals surface area contributed by atoms with E-state index in [2.05, 4.69) is 20.6 Å². The number of nitrogens with one attached hydrogen (secondary N) is 2. The van der Waals surface area contributed by atoms with Gasteiger partial charge in [-0.25, -0.2) is 4.98 Å². The first-order valence-electron chi connectivity index (χ1n) is 4.03. The Bertz CT molecular complexity index is 259. The van der Waals surface area contributed by atoms with Crippen LogP contribution in [0.15, 0.2) is 6.20 Å². The molecule has 2 N–H and O–H groups in total. The highest BCUT2D eigenvalue weighted by Crippen LogP contribution is 2.10. The Morgan fingerprint density at radius 2 is 2.25 bits per heavy atom. The second-order valence-electron chi connectivity index (χ2n) is 2.51. The van der Waals surface area contributed by atoms with Gasteiger partial charge in [-0.05, 0) is 13.8 Å². The molecular weight excluding hydrogens is 152 g/mol. The average Bonchev–Trinajstić information content (AvgIpc) is 2.09. The van der Waals surface area contributed by atoms with E-state index in [0.717, 1.165) is 17.9 Å². The van der Waals surface area contributed by atoms with Crippen molar-refractivity contribution in [3.8, 4) is 0 Å². The highest BCUT2D eigenvalue weighted by atomic mass is 15.1. The van der Waals surface area contributed by atoms with Gasteiger partial charge in [-0.2, -0.15) is 4.98 Å². The number of aromatic nitrogens is 2. The molecule has 0 saturated heterocycles. The van der Waals surface area contributed by atoms with E-state index in [9.17, 15) is 0 Å². The molecule has 1 rings (SSSR count). The Balaban J connectivity index is 2.89. The molecule has 0 aromatic carbocycles. The Morgan fingerprint density at radius 1 is 1.50 bits per heavy atom. The van der Waals surface area contributed by atoms with Gasteiger partial charge in [0.1, 0.15) is 5.82 Å². The minimum atomic E-state index is 0.674. The third-order valence-electron chi connectivity index (χ3n) is 1.54. The summed E-state index contributed by atoms with van der Waals surface area (Å²) in [6, 6.07) is 0. The van der Waals surface area contributed by atoms with Gasteiger partial charge in [-0.3, -0.25) is 0 Å². The van der Waals surface area contributed by atoms with Gasteiger partial charge in [0.2, 0.25) is 5.95 Å². The van der Waals surface area contributed by atoms with Crippen LogP contribution in [-0.4, -0.2) is 23.6 Å². The molecule has 1 heterocycles. The summed E-state index contributed by atoms with van der Waals surface area (Å²) in [5.41, 5.74) is 1.05. The van der Waals surface area contributed by atoms with Gasteiger partial charge in [-0.15, -0.1) is 0 Å².